The quantitative estimate of drug-likeness (QED) is 0.730. The van der Waals surface area contributed by atoms with E-state index in [1.165, 1.54) is 19.3 Å². The van der Waals surface area contributed by atoms with E-state index in [1.54, 1.807) is 18.2 Å². The molecule has 0 saturated heterocycles. The summed E-state index contributed by atoms with van der Waals surface area (Å²) < 4.78 is 0. The van der Waals surface area contributed by atoms with Gasteiger partial charge in [0.2, 0.25) is 0 Å². The lowest BCUT2D eigenvalue weighted by atomic mass is 9.93. The summed E-state index contributed by atoms with van der Waals surface area (Å²) in [5, 5.41) is 11.6. The molecule has 98 valence electrons. The van der Waals surface area contributed by atoms with Gasteiger partial charge in [0.25, 0.3) is 0 Å². The van der Waals surface area contributed by atoms with Gasteiger partial charge >= 0.3 is 0 Å². The van der Waals surface area contributed by atoms with Crippen LogP contribution in [0.15, 0.2) is 29.8 Å². The van der Waals surface area contributed by atoms with Crippen LogP contribution in [0.5, 0.6) is 0 Å². The molecule has 1 N–H and O–H groups in total. The molecule has 0 aromatic heterocycles. The summed E-state index contributed by atoms with van der Waals surface area (Å²) in [5.74, 6) is 0. The molecule has 0 saturated carbocycles. The van der Waals surface area contributed by atoms with Gasteiger partial charge in [0.05, 0.1) is 0 Å². The number of rotatable bonds is 2. The monoisotopic (exact) mass is 284 g/mol. The number of aliphatic hydroxyl groups is 1. The van der Waals surface area contributed by atoms with Crippen molar-refractivity contribution in [2.45, 2.75) is 44.6 Å². The maximum atomic E-state index is 10.5. The Kier molecular flexibility index (Phi) is 5.11. The third-order valence-corrected chi connectivity index (χ3v) is 4.11. The van der Waals surface area contributed by atoms with Crippen LogP contribution in [0.25, 0.3) is 0 Å². The van der Waals surface area contributed by atoms with Gasteiger partial charge in [0.15, 0.2) is 0 Å². The van der Waals surface area contributed by atoms with Gasteiger partial charge in [-0.1, -0.05) is 48.2 Å². The topological polar surface area (TPSA) is 20.2 Å². The number of allylic oxidation sites excluding steroid dienone is 1. The predicted molar refractivity (Wildman–Crippen MR) is 77.2 cm³/mol. The predicted octanol–water partition coefficient (Wildman–Crippen LogP) is 5.31. The van der Waals surface area contributed by atoms with E-state index in [-0.39, 0.29) is 0 Å². The van der Waals surface area contributed by atoms with Gasteiger partial charge in [0, 0.05) is 15.6 Å². The summed E-state index contributed by atoms with van der Waals surface area (Å²) in [6.07, 6.45) is 8.31. The molecular weight excluding hydrogens is 267 g/mol. The molecule has 18 heavy (non-hydrogen) atoms. The molecule has 0 aliphatic heterocycles. The highest BCUT2D eigenvalue weighted by Crippen LogP contribution is 2.36. The van der Waals surface area contributed by atoms with E-state index in [2.05, 4.69) is 6.08 Å². The lowest BCUT2D eigenvalue weighted by Gasteiger charge is -2.19. The molecule has 1 aliphatic carbocycles. The average Bonchev–Trinajstić information content (AvgIpc) is 2.27. The van der Waals surface area contributed by atoms with Crippen LogP contribution in [-0.2, 0) is 0 Å². The van der Waals surface area contributed by atoms with Crippen LogP contribution in [-0.4, -0.2) is 5.11 Å². The molecule has 0 spiro atoms. The summed E-state index contributed by atoms with van der Waals surface area (Å²) in [7, 11) is 0. The van der Waals surface area contributed by atoms with Crippen LogP contribution >= 0.6 is 23.2 Å². The maximum Gasteiger partial charge on any atom is 0.103 e. The molecule has 3 heteroatoms. The number of hydrogen-bond donors (Lipinski definition) is 1. The molecular formula is C15H18Cl2O. The van der Waals surface area contributed by atoms with Gasteiger partial charge in [-0.2, -0.15) is 0 Å². The Hall–Kier alpha value is -0.500. The second-order valence-corrected chi connectivity index (χ2v) is 5.58. The van der Waals surface area contributed by atoms with Crippen molar-refractivity contribution in [2.75, 3.05) is 0 Å². The van der Waals surface area contributed by atoms with Crippen molar-refractivity contribution in [2.24, 2.45) is 0 Å². The van der Waals surface area contributed by atoms with Crippen LogP contribution in [0.4, 0.5) is 0 Å². The lowest BCUT2D eigenvalue weighted by Crippen LogP contribution is -2.05. The zero-order chi connectivity index (χ0) is 13.0. The van der Waals surface area contributed by atoms with Crippen molar-refractivity contribution in [3.8, 4) is 0 Å². The minimum atomic E-state index is -0.663. The van der Waals surface area contributed by atoms with E-state index in [0.29, 0.717) is 15.6 Å². The van der Waals surface area contributed by atoms with Gasteiger partial charge in [0.1, 0.15) is 6.10 Å². The summed E-state index contributed by atoms with van der Waals surface area (Å²) in [5.41, 5.74) is 1.71. The zero-order valence-corrected chi connectivity index (χ0v) is 11.8. The highest BCUT2D eigenvalue weighted by Gasteiger charge is 2.19. The van der Waals surface area contributed by atoms with Crippen molar-refractivity contribution >= 4 is 23.2 Å². The highest BCUT2D eigenvalue weighted by molar-refractivity contribution is 6.36. The Labute approximate surface area is 118 Å². The van der Waals surface area contributed by atoms with Crippen LogP contribution in [0.1, 0.15) is 50.2 Å². The Morgan fingerprint density at radius 1 is 1.00 bits per heavy atom. The number of aliphatic hydroxyl groups excluding tert-OH is 1. The van der Waals surface area contributed by atoms with E-state index < -0.39 is 6.10 Å². The van der Waals surface area contributed by atoms with E-state index in [9.17, 15) is 5.11 Å². The van der Waals surface area contributed by atoms with Gasteiger partial charge < -0.3 is 5.11 Å². The number of benzene rings is 1. The second-order valence-electron chi connectivity index (χ2n) is 4.77. The van der Waals surface area contributed by atoms with Crippen molar-refractivity contribution in [1.29, 1.82) is 0 Å². The van der Waals surface area contributed by atoms with E-state index in [4.69, 9.17) is 23.2 Å². The molecule has 1 aromatic rings. The number of hydrogen-bond acceptors (Lipinski definition) is 1. The average molecular weight is 285 g/mol. The van der Waals surface area contributed by atoms with Crippen molar-refractivity contribution in [1.82, 2.24) is 0 Å². The molecule has 0 heterocycles. The van der Waals surface area contributed by atoms with Gasteiger partial charge in [-0.3, -0.25) is 0 Å². The minimum Gasteiger partial charge on any atom is -0.384 e. The molecule has 1 aliphatic rings. The molecule has 0 bridgehead atoms. The Morgan fingerprint density at radius 2 is 1.67 bits per heavy atom. The van der Waals surface area contributed by atoms with Crippen LogP contribution < -0.4 is 0 Å². The Bertz CT molecular complexity index is 420. The lowest BCUT2D eigenvalue weighted by molar-refractivity contribution is 0.209. The number of halogens is 2. The molecule has 2 rings (SSSR count). The van der Waals surface area contributed by atoms with E-state index in [0.717, 1.165) is 24.8 Å². The first-order valence-corrected chi connectivity index (χ1v) is 7.26. The normalized spacial score (nSPS) is 21.6. The maximum absolute atomic E-state index is 10.5. The molecule has 0 fully saturated rings. The summed E-state index contributed by atoms with van der Waals surface area (Å²) in [4.78, 5) is 0. The Morgan fingerprint density at radius 3 is 2.39 bits per heavy atom. The largest absolute Gasteiger partial charge is 0.384 e. The first-order chi connectivity index (χ1) is 8.70. The summed E-state index contributed by atoms with van der Waals surface area (Å²) in [6, 6.07) is 5.35. The standard InChI is InChI=1S/C15H18Cl2O/c16-12-9-6-10-13(17)14(12)15(18)11-7-4-2-1-3-5-8-11/h6-7,9-10,15,18H,1-5,8H2/b11-7+. The minimum absolute atomic E-state index is 0.540. The second kappa shape index (κ2) is 6.60. The van der Waals surface area contributed by atoms with Crippen LogP contribution in [0.3, 0.4) is 0 Å². The fourth-order valence-electron chi connectivity index (χ4n) is 2.42. The van der Waals surface area contributed by atoms with Crippen molar-refractivity contribution in [3.05, 3.63) is 45.5 Å². The molecule has 1 nitrogen and oxygen atoms in total. The third kappa shape index (κ3) is 3.28. The molecule has 0 amide bonds. The van der Waals surface area contributed by atoms with Crippen molar-refractivity contribution < 1.29 is 5.11 Å². The van der Waals surface area contributed by atoms with Crippen LogP contribution in [0.2, 0.25) is 10.0 Å². The van der Waals surface area contributed by atoms with E-state index in [1.807, 2.05) is 0 Å². The van der Waals surface area contributed by atoms with Gasteiger partial charge in [-0.15, -0.1) is 0 Å². The van der Waals surface area contributed by atoms with Crippen LogP contribution in [0, 0.1) is 0 Å². The molecule has 0 radical (unpaired) electrons. The van der Waals surface area contributed by atoms with Gasteiger partial charge in [-0.05, 0) is 43.4 Å². The first kappa shape index (κ1) is 13.9. The zero-order valence-electron chi connectivity index (χ0n) is 10.3. The van der Waals surface area contributed by atoms with Crippen molar-refractivity contribution in [3.63, 3.8) is 0 Å². The highest BCUT2D eigenvalue weighted by atomic mass is 35.5. The van der Waals surface area contributed by atoms with E-state index >= 15 is 0 Å². The van der Waals surface area contributed by atoms with Gasteiger partial charge in [-0.25, -0.2) is 0 Å². The summed E-state index contributed by atoms with van der Waals surface area (Å²) >= 11 is 12.3. The molecule has 1 unspecified atom stereocenters. The fraction of sp³-hybridized carbons (Fsp3) is 0.467. The molecule has 1 aromatic carbocycles. The molecule has 1 atom stereocenters. The fourth-order valence-corrected chi connectivity index (χ4v) is 3.03. The third-order valence-electron chi connectivity index (χ3n) is 3.45. The SMILES string of the molecule is OC(/C1=C/CCCCCC1)c1c(Cl)cccc1Cl. The summed E-state index contributed by atoms with van der Waals surface area (Å²) in [6.45, 7) is 0. The smallest absolute Gasteiger partial charge is 0.103 e. The Balaban J connectivity index is 2.26. The first-order valence-electron chi connectivity index (χ1n) is 6.51.